The van der Waals surface area contributed by atoms with Gasteiger partial charge in [0, 0.05) is 13.0 Å². The molecule has 0 fully saturated rings. The summed E-state index contributed by atoms with van der Waals surface area (Å²) in [5.41, 5.74) is 4.26. The molecule has 114 valence electrons. The number of halogens is 3. The zero-order valence-electron chi connectivity index (χ0n) is 11.2. The first kappa shape index (κ1) is 16.7. The van der Waals surface area contributed by atoms with Crippen LogP contribution in [0, 0.1) is 5.41 Å². The van der Waals surface area contributed by atoms with Crippen molar-refractivity contribution in [2.75, 3.05) is 6.54 Å². The first-order chi connectivity index (χ1) is 9.80. The van der Waals surface area contributed by atoms with Gasteiger partial charge >= 0.3 is 6.18 Å². The van der Waals surface area contributed by atoms with Gasteiger partial charge in [0.2, 0.25) is 0 Å². The number of allylic oxidation sites excluding steroid dienone is 1. The Morgan fingerprint density at radius 2 is 2.00 bits per heavy atom. The second kappa shape index (κ2) is 7.47. The third kappa shape index (κ3) is 6.11. The molecule has 0 radical (unpaired) electrons. The number of benzene rings is 1. The molecule has 0 aliphatic carbocycles. The molecular weight excluding hydrogens is 283 g/mol. The number of hydrogen-bond donors (Lipinski definition) is 3. The summed E-state index contributed by atoms with van der Waals surface area (Å²) in [7, 11) is 0. The van der Waals surface area contributed by atoms with Gasteiger partial charge in [-0.2, -0.15) is 13.2 Å². The maximum atomic E-state index is 12.7. The number of nitrogens with two attached hydrogens (primary N) is 1. The van der Waals surface area contributed by atoms with Crippen LogP contribution in [0.2, 0.25) is 0 Å². The number of guanidine groups is 1. The number of carbonyl (C=O) groups is 1. The van der Waals surface area contributed by atoms with Crippen molar-refractivity contribution in [3.8, 4) is 0 Å². The zero-order chi connectivity index (χ0) is 15.9. The molecule has 0 bridgehead atoms. The monoisotopic (exact) mass is 299 g/mol. The fourth-order valence-corrected chi connectivity index (χ4v) is 1.65. The number of alkyl halides is 3. The van der Waals surface area contributed by atoms with Crippen molar-refractivity contribution in [1.29, 1.82) is 5.41 Å². The van der Waals surface area contributed by atoms with Crippen LogP contribution in [0.1, 0.15) is 24.0 Å². The van der Waals surface area contributed by atoms with E-state index in [-0.39, 0.29) is 23.7 Å². The third-order valence-electron chi connectivity index (χ3n) is 2.63. The van der Waals surface area contributed by atoms with E-state index >= 15 is 0 Å². The van der Waals surface area contributed by atoms with Crippen LogP contribution >= 0.6 is 0 Å². The minimum atomic E-state index is -4.45. The Hall–Kier alpha value is -2.31. The van der Waals surface area contributed by atoms with Crippen molar-refractivity contribution in [3.05, 3.63) is 41.5 Å². The second-order valence-corrected chi connectivity index (χ2v) is 4.33. The molecule has 0 heterocycles. The van der Waals surface area contributed by atoms with E-state index in [2.05, 4.69) is 5.32 Å². The maximum Gasteiger partial charge on any atom is 0.416 e. The summed E-state index contributed by atoms with van der Waals surface area (Å²) >= 11 is 0. The quantitative estimate of drug-likeness (QED) is 0.327. The Labute approximate surface area is 120 Å². The van der Waals surface area contributed by atoms with Crippen molar-refractivity contribution in [2.24, 2.45) is 5.73 Å². The molecule has 0 unspecified atom stereocenters. The van der Waals surface area contributed by atoms with Crippen molar-refractivity contribution in [2.45, 2.75) is 19.0 Å². The van der Waals surface area contributed by atoms with Gasteiger partial charge < -0.3 is 11.1 Å². The summed E-state index contributed by atoms with van der Waals surface area (Å²) in [5, 5.41) is 9.46. The molecule has 0 aliphatic rings. The van der Waals surface area contributed by atoms with Crippen molar-refractivity contribution in [1.82, 2.24) is 5.32 Å². The van der Waals surface area contributed by atoms with Crippen LogP contribution in [0.25, 0.3) is 6.08 Å². The first-order valence-electron chi connectivity index (χ1n) is 6.25. The zero-order valence-corrected chi connectivity index (χ0v) is 11.2. The molecule has 1 rings (SSSR count). The van der Waals surface area contributed by atoms with E-state index in [1.807, 2.05) is 0 Å². The first-order valence-corrected chi connectivity index (χ1v) is 6.25. The highest BCUT2D eigenvalue weighted by molar-refractivity contribution is 5.93. The molecular formula is C14H16F3N3O. The Morgan fingerprint density at radius 1 is 1.33 bits per heavy atom. The van der Waals surface area contributed by atoms with Crippen LogP contribution in [0.15, 0.2) is 30.3 Å². The van der Waals surface area contributed by atoms with Gasteiger partial charge in [-0.3, -0.25) is 10.2 Å². The predicted octanol–water partition coefficient (Wildman–Crippen LogP) is 2.55. The number of rotatable bonds is 6. The fourth-order valence-electron chi connectivity index (χ4n) is 1.65. The summed E-state index contributed by atoms with van der Waals surface area (Å²) in [4.78, 5) is 11.5. The molecule has 1 aromatic rings. The summed E-state index contributed by atoms with van der Waals surface area (Å²) in [5.74, 6) is -0.463. The van der Waals surface area contributed by atoms with Crippen LogP contribution in [0.5, 0.6) is 0 Å². The van der Waals surface area contributed by atoms with Gasteiger partial charge in [0.1, 0.15) is 0 Å². The minimum absolute atomic E-state index is 0.0415. The highest BCUT2D eigenvalue weighted by Gasteiger charge is 2.32. The minimum Gasteiger partial charge on any atom is -0.370 e. The second-order valence-electron chi connectivity index (χ2n) is 4.33. The summed E-state index contributed by atoms with van der Waals surface area (Å²) in [6.45, 7) is 0.369. The van der Waals surface area contributed by atoms with Gasteiger partial charge in [0.15, 0.2) is 11.7 Å². The van der Waals surface area contributed by atoms with Crippen LogP contribution in [-0.4, -0.2) is 18.3 Å². The molecule has 0 amide bonds. The summed E-state index contributed by atoms with van der Waals surface area (Å²) in [6, 6.07) is 5.07. The lowest BCUT2D eigenvalue weighted by Crippen LogP contribution is -2.31. The van der Waals surface area contributed by atoms with Crippen molar-refractivity contribution >= 4 is 17.8 Å². The van der Waals surface area contributed by atoms with Gasteiger partial charge in [-0.25, -0.2) is 0 Å². The normalized spacial score (nSPS) is 11.6. The van der Waals surface area contributed by atoms with Crippen molar-refractivity contribution in [3.63, 3.8) is 0 Å². The molecule has 21 heavy (non-hydrogen) atoms. The smallest absolute Gasteiger partial charge is 0.370 e. The number of ketones is 1. The number of carbonyl (C=O) groups excluding carboxylic acids is 1. The van der Waals surface area contributed by atoms with Crippen molar-refractivity contribution < 1.29 is 18.0 Å². The molecule has 0 saturated heterocycles. The lowest BCUT2D eigenvalue weighted by molar-refractivity contribution is -0.137. The van der Waals surface area contributed by atoms with Gasteiger partial charge in [-0.1, -0.05) is 24.3 Å². The highest BCUT2D eigenvalue weighted by Crippen LogP contribution is 2.32. The molecule has 0 atom stereocenters. The fraction of sp³-hybridized carbons (Fsp3) is 0.286. The largest absolute Gasteiger partial charge is 0.416 e. The lowest BCUT2D eigenvalue weighted by atomic mass is 10.1. The van der Waals surface area contributed by atoms with E-state index in [0.717, 1.165) is 12.1 Å². The maximum absolute atomic E-state index is 12.7. The lowest BCUT2D eigenvalue weighted by Gasteiger charge is -2.09. The molecule has 0 saturated carbocycles. The van der Waals surface area contributed by atoms with Gasteiger partial charge in [-0.15, -0.1) is 0 Å². The van der Waals surface area contributed by atoms with Gasteiger partial charge in [0.25, 0.3) is 0 Å². The molecule has 0 aliphatic heterocycles. The van der Waals surface area contributed by atoms with E-state index in [1.54, 1.807) is 0 Å². The van der Waals surface area contributed by atoms with E-state index in [4.69, 9.17) is 11.1 Å². The van der Waals surface area contributed by atoms with Gasteiger partial charge in [0.05, 0.1) is 5.56 Å². The Kier molecular flexibility index (Phi) is 5.95. The predicted molar refractivity (Wildman–Crippen MR) is 74.6 cm³/mol. The molecule has 4 nitrogen and oxygen atoms in total. The molecule has 0 spiro atoms. The Morgan fingerprint density at radius 3 is 2.62 bits per heavy atom. The Bertz CT molecular complexity index is 539. The van der Waals surface area contributed by atoms with E-state index in [9.17, 15) is 18.0 Å². The van der Waals surface area contributed by atoms with Gasteiger partial charge in [-0.05, 0) is 24.1 Å². The van der Waals surface area contributed by atoms with Crippen LogP contribution in [0.4, 0.5) is 13.2 Å². The average Bonchev–Trinajstić information content (AvgIpc) is 2.40. The van der Waals surface area contributed by atoms with Crippen LogP contribution in [0.3, 0.4) is 0 Å². The van der Waals surface area contributed by atoms with E-state index in [1.165, 1.54) is 24.3 Å². The summed E-state index contributed by atoms with van der Waals surface area (Å²) in [6.07, 6.45) is -1.52. The molecule has 1 aromatic carbocycles. The molecule has 0 aromatic heterocycles. The van der Waals surface area contributed by atoms with E-state index in [0.29, 0.717) is 13.0 Å². The van der Waals surface area contributed by atoms with Crippen LogP contribution < -0.4 is 11.1 Å². The highest BCUT2D eigenvalue weighted by atomic mass is 19.4. The Balaban J connectivity index is 2.61. The number of nitrogens with one attached hydrogen (secondary N) is 2. The number of hydrogen-bond acceptors (Lipinski definition) is 2. The standard InChI is InChI=1S/C14H16F3N3O/c15-14(16,17)12-6-2-1-4-10(12)7-8-11(21)5-3-9-20-13(18)19/h1-2,4,6-8H,3,5,9H2,(H4,18,19,20). The SMILES string of the molecule is N=C(N)NCCCC(=O)C=Cc1ccccc1C(F)(F)F. The average molecular weight is 299 g/mol. The third-order valence-corrected chi connectivity index (χ3v) is 2.63. The molecule has 4 N–H and O–H groups in total. The topological polar surface area (TPSA) is 79.0 Å². The summed E-state index contributed by atoms with van der Waals surface area (Å²) < 4.78 is 38.2. The molecule has 7 heteroatoms. The van der Waals surface area contributed by atoms with E-state index < -0.39 is 11.7 Å². The van der Waals surface area contributed by atoms with Crippen LogP contribution in [-0.2, 0) is 11.0 Å².